The number of nitrogens with zero attached hydrogens (tertiary/aromatic N) is 3. The predicted octanol–water partition coefficient (Wildman–Crippen LogP) is 1.02. The Bertz CT molecular complexity index is 669. The molecule has 0 radical (unpaired) electrons. The monoisotopic (exact) mass is 388 g/mol. The van der Waals surface area contributed by atoms with Crippen molar-refractivity contribution in [2.75, 3.05) is 40.3 Å². The Morgan fingerprint density at radius 2 is 1.89 bits per heavy atom. The Labute approximate surface area is 167 Å². The fraction of sp³-hybridized carbons (Fsp3) is 0.600. The highest BCUT2D eigenvalue weighted by Crippen LogP contribution is 2.39. The van der Waals surface area contributed by atoms with Crippen LogP contribution in [0.2, 0.25) is 0 Å². The maximum absolute atomic E-state index is 12.7. The van der Waals surface area contributed by atoms with Crippen LogP contribution in [0.5, 0.6) is 0 Å². The molecular formula is C20H32N6O2. The minimum absolute atomic E-state index is 0.154. The van der Waals surface area contributed by atoms with Gasteiger partial charge in [0.05, 0.1) is 17.5 Å². The molecule has 0 aromatic carbocycles. The molecule has 2 rings (SSSR count). The quantitative estimate of drug-likeness (QED) is 0.351. The maximum atomic E-state index is 12.7. The van der Waals surface area contributed by atoms with Crippen molar-refractivity contribution in [1.82, 2.24) is 25.8 Å². The van der Waals surface area contributed by atoms with Gasteiger partial charge >= 0.3 is 0 Å². The minimum atomic E-state index is -0.389. The zero-order chi connectivity index (χ0) is 20.4. The van der Waals surface area contributed by atoms with Gasteiger partial charge in [-0.2, -0.15) is 0 Å². The van der Waals surface area contributed by atoms with Crippen LogP contribution < -0.4 is 16.0 Å². The topological polar surface area (TPSA) is 98.7 Å². The summed E-state index contributed by atoms with van der Waals surface area (Å²) in [5.74, 6) is 0.669. The van der Waals surface area contributed by atoms with E-state index in [1.165, 1.54) is 6.20 Å². The molecule has 1 heterocycles. The molecule has 1 fully saturated rings. The van der Waals surface area contributed by atoms with Gasteiger partial charge in [-0.3, -0.25) is 19.6 Å². The molecule has 28 heavy (non-hydrogen) atoms. The van der Waals surface area contributed by atoms with E-state index in [4.69, 9.17) is 0 Å². The van der Waals surface area contributed by atoms with Gasteiger partial charge in [0, 0.05) is 46.1 Å². The van der Waals surface area contributed by atoms with E-state index in [1.54, 1.807) is 37.3 Å². The average Bonchev–Trinajstić information content (AvgIpc) is 3.19. The Morgan fingerprint density at radius 3 is 2.50 bits per heavy atom. The van der Waals surface area contributed by atoms with Crippen molar-refractivity contribution < 1.29 is 9.59 Å². The van der Waals surface area contributed by atoms with Gasteiger partial charge in [-0.25, -0.2) is 0 Å². The molecule has 8 nitrogen and oxygen atoms in total. The van der Waals surface area contributed by atoms with Crippen LogP contribution in [-0.4, -0.2) is 67.9 Å². The SMILES string of the molecule is CCNC(=NCC1(C(=O)N(C)C)CCCC1)NCCNC(=O)c1cccnc1. The second-order valence-electron chi connectivity index (χ2n) is 7.31. The normalized spacial score (nSPS) is 15.8. The highest BCUT2D eigenvalue weighted by Gasteiger charge is 2.42. The van der Waals surface area contributed by atoms with E-state index in [9.17, 15) is 9.59 Å². The lowest BCUT2D eigenvalue weighted by Crippen LogP contribution is -2.44. The molecular weight excluding hydrogens is 356 g/mol. The van der Waals surface area contributed by atoms with Crippen LogP contribution in [0.1, 0.15) is 43.0 Å². The lowest BCUT2D eigenvalue weighted by Gasteiger charge is -2.29. The van der Waals surface area contributed by atoms with Crippen molar-refractivity contribution in [1.29, 1.82) is 0 Å². The van der Waals surface area contributed by atoms with E-state index in [0.717, 1.165) is 32.2 Å². The number of hydrogen-bond donors (Lipinski definition) is 3. The van der Waals surface area contributed by atoms with Gasteiger partial charge in [-0.05, 0) is 31.9 Å². The Balaban J connectivity index is 1.87. The molecule has 1 aromatic heterocycles. The molecule has 154 valence electrons. The Kier molecular flexibility index (Phi) is 8.22. The summed E-state index contributed by atoms with van der Waals surface area (Å²) >= 11 is 0. The van der Waals surface area contributed by atoms with Crippen molar-refractivity contribution in [3.63, 3.8) is 0 Å². The summed E-state index contributed by atoms with van der Waals surface area (Å²) in [6, 6.07) is 3.46. The van der Waals surface area contributed by atoms with E-state index in [-0.39, 0.29) is 17.2 Å². The van der Waals surface area contributed by atoms with Gasteiger partial charge < -0.3 is 20.9 Å². The number of aliphatic imine (C=N–C) groups is 1. The lowest BCUT2D eigenvalue weighted by molar-refractivity contribution is -0.138. The molecule has 1 aliphatic rings. The maximum Gasteiger partial charge on any atom is 0.252 e. The van der Waals surface area contributed by atoms with Crippen LogP contribution in [0.4, 0.5) is 0 Å². The summed E-state index contributed by atoms with van der Waals surface area (Å²) in [6.07, 6.45) is 7.08. The fourth-order valence-corrected chi connectivity index (χ4v) is 3.49. The minimum Gasteiger partial charge on any atom is -0.357 e. The molecule has 1 saturated carbocycles. The molecule has 0 aliphatic heterocycles. The number of rotatable bonds is 8. The smallest absolute Gasteiger partial charge is 0.252 e. The molecule has 2 amide bonds. The number of amides is 2. The second-order valence-corrected chi connectivity index (χ2v) is 7.31. The largest absolute Gasteiger partial charge is 0.357 e. The van der Waals surface area contributed by atoms with Gasteiger partial charge in [-0.1, -0.05) is 12.8 Å². The molecule has 1 aromatic rings. The summed E-state index contributed by atoms with van der Waals surface area (Å²) in [6.45, 7) is 4.19. The highest BCUT2D eigenvalue weighted by atomic mass is 16.2. The van der Waals surface area contributed by atoms with Crippen molar-refractivity contribution in [2.24, 2.45) is 10.4 Å². The van der Waals surface area contributed by atoms with Crippen LogP contribution >= 0.6 is 0 Å². The molecule has 0 saturated heterocycles. The third kappa shape index (κ3) is 5.94. The molecule has 0 unspecified atom stereocenters. The summed E-state index contributed by atoms with van der Waals surface area (Å²) < 4.78 is 0. The molecule has 0 atom stereocenters. The molecule has 3 N–H and O–H groups in total. The van der Waals surface area contributed by atoms with E-state index < -0.39 is 0 Å². The zero-order valence-corrected chi connectivity index (χ0v) is 17.1. The summed E-state index contributed by atoms with van der Waals surface area (Å²) in [5.41, 5.74) is 0.147. The van der Waals surface area contributed by atoms with Gasteiger partial charge in [0.2, 0.25) is 5.91 Å². The van der Waals surface area contributed by atoms with E-state index in [1.807, 2.05) is 6.92 Å². The number of aromatic nitrogens is 1. The van der Waals surface area contributed by atoms with E-state index in [2.05, 4.69) is 25.9 Å². The van der Waals surface area contributed by atoms with Gasteiger partial charge in [0.25, 0.3) is 5.91 Å². The third-order valence-electron chi connectivity index (χ3n) is 4.93. The van der Waals surface area contributed by atoms with Crippen LogP contribution in [0.3, 0.4) is 0 Å². The number of hydrogen-bond acceptors (Lipinski definition) is 4. The molecule has 0 spiro atoms. The van der Waals surface area contributed by atoms with E-state index >= 15 is 0 Å². The van der Waals surface area contributed by atoms with Gasteiger partial charge in [0.1, 0.15) is 0 Å². The predicted molar refractivity (Wildman–Crippen MR) is 110 cm³/mol. The molecule has 1 aliphatic carbocycles. The molecule has 0 bridgehead atoms. The zero-order valence-electron chi connectivity index (χ0n) is 17.1. The number of carbonyl (C=O) groups excluding carboxylic acids is 2. The first-order valence-electron chi connectivity index (χ1n) is 9.90. The lowest BCUT2D eigenvalue weighted by atomic mass is 9.85. The Hall–Kier alpha value is -2.64. The van der Waals surface area contributed by atoms with Crippen molar-refractivity contribution in [2.45, 2.75) is 32.6 Å². The van der Waals surface area contributed by atoms with Crippen LogP contribution in [0.25, 0.3) is 0 Å². The van der Waals surface area contributed by atoms with Crippen LogP contribution in [0.15, 0.2) is 29.5 Å². The van der Waals surface area contributed by atoms with Crippen LogP contribution in [-0.2, 0) is 4.79 Å². The Morgan fingerprint density at radius 1 is 1.18 bits per heavy atom. The summed E-state index contributed by atoms with van der Waals surface area (Å²) in [7, 11) is 3.61. The number of nitrogens with one attached hydrogen (secondary N) is 3. The summed E-state index contributed by atoms with van der Waals surface area (Å²) in [5, 5.41) is 9.27. The number of pyridine rings is 1. The first kappa shape index (κ1) is 21.7. The standard InChI is InChI=1S/C20H32N6O2/c1-4-22-19(24-13-12-23-17(27)16-8-7-11-21-14-16)25-15-20(9-5-6-10-20)18(28)26(2)3/h7-8,11,14H,4-6,9-10,12-13,15H2,1-3H3,(H,23,27)(H2,22,24,25). The average molecular weight is 389 g/mol. The van der Waals surface area contributed by atoms with Crippen LogP contribution in [0, 0.1) is 5.41 Å². The van der Waals surface area contributed by atoms with Gasteiger partial charge in [0.15, 0.2) is 5.96 Å². The first-order valence-corrected chi connectivity index (χ1v) is 9.90. The first-order chi connectivity index (χ1) is 13.5. The van der Waals surface area contributed by atoms with Crippen molar-refractivity contribution in [3.05, 3.63) is 30.1 Å². The fourth-order valence-electron chi connectivity index (χ4n) is 3.49. The summed E-state index contributed by atoms with van der Waals surface area (Å²) in [4.78, 5) is 35.0. The number of guanidine groups is 1. The van der Waals surface area contributed by atoms with Crippen molar-refractivity contribution in [3.8, 4) is 0 Å². The number of carbonyl (C=O) groups is 2. The second kappa shape index (κ2) is 10.6. The highest BCUT2D eigenvalue weighted by molar-refractivity contribution is 5.93. The molecule has 8 heteroatoms. The van der Waals surface area contributed by atoms with E-state index in [0.29, 0.717) is 31.2 Å². The van der Waals surface area contributed by atoms with Gasteiger partial charge in [-0.15, -0.1) is 0 Å². The van der Waals surface area contributed by atoms with Crippen molar-refractivity contribution >= 4 is 17.8 Å². The third-order valence-corrected chi connectivity index (χ3v) is 4.93.